The van der Waals surface area contributed by atoms with E-state index in [1.165, 1.54) is 0 Å². The first-order chi connectivity index (χ1) is 12.7. The Bertz CT molecular complexity index is 738. The van der Waals surface area contributed by atoms with Gasteiger partial charge in [-0.3, -0.25) is 0 Å². The summed E-state index contributed by atoms with van der Waals surface area (Å²) in [4.78, 5) is 4.62. The highest BCUT2D eigenvalue weighted by Gasteiger charge is 2.05. The van der Waals surface area contributed by atoms with E-state index < -0.39 is 0 Å². The van der Waals surface area contributed by atoms with E-state index in [0.29, 0.717) is 6.54 Å². The molecule has 27 heavy (non-hydrogen) atoms. The van der Waals surface area contributed by atoms with Crippen LogP contribution in [0.15, 0.2) is 47.5 Å². The number of aliphatic imine (C=N–C) groups is 1. The van der Waals surface area contributed by atoms with Crippen molar-refractivity contribution < 1.29 is 14.6 Å². The molecule has 2 aromatic carbocycles. The number of rotatable bonds is 8. The number of hydrogen-bond donors (Lipinski definition) is 3. The molecule has 2 aromatic rings. The van der Waals surface area contributed by atoms with Crippen LogP contribution in [0.25, 0.3) is 0 Å². The van der Waals surface area contributed by atoms with Gasteiger partial charge in [-0.1, -0.05) is 12.1 Å². The van der Waals surface area contributed by atoms with Gasteiger partial charge in [0, 0.05) is 24.7 Å². The Morgan fingerprint density at radius 1 is 1.07 bits per heavy atom. The van der Waals surface area contributed by atoms with E-state index >= 15 is 0 Å². The van der Waals surface area contributed by atoms with Crippen LogP contribution in [-0.2, 0) is 13.0 Å². The maximum absolute atomic E-state index is 9.53. The lowest BCUT2D eigenvalue weighted by molar-refractivity contribution is 0.391. The Morgan fingerprint density at radius 2 is 1.89 bits per heavy atom. The lowest BCUT2D eigenvalue weighted by Crippen LogP contribution is -2.38. The molecule has 0 saturated heterocycles. The van der Waals surface area contributed by atoms with Gasteiger partial charge in [0.05, 0.1) is 20.8 Å². The predicted octanol–water partition coefficient (Wildman–Crippen LogP) is 3.33. The maximum atomic E-state index is 9.53. The van der Waals surface area contributed by atoms with Gasteiger partial charge in [0.15, 0.2) is 5.96 Å². The lowest BCUT2D eigenvalue weighted by Gasteiger charge is -2.13. The van der Waals surface area contributed by atoms with E-state index in [1.807, 2.05) is 37.3 Å². The number of ether oxygens (including phenoxy) is 2. The topological polar surface area (TPSA) is 75.1 Å². The van der Waals surface area contributed by atoms with Gasteiger partial charge in [-0.15, -0.1) is 24.0 Å². The highest BCUT2D eigenvalue weighted by atomic mass is 127. The van der Waals surface area contributed by atoms with Crippen molar-refractivity contribution in [1.29, 1.82) is 0 Å². The molecule has 0 fully saturated rings. The Labute approximate surface area is 178 Å². The van der Waals surface area contributed by atoms with Crippen molar-refractivity contribution in [3.05, 3.63) is 53.6 Å². The zero-order valence-electron chi connectivity index (χ0n) is 16.0. The summed E-state index contributed by atoms with van der Waals surface area (Å²) in [6.45, 7) is 4.02. The van der Waals surface area contributed by atoms with E-state index in [1.54, 1.807) is 26.4 Å². The van der Waals surface area contributed by atoms with Gasteiger partial charge < -0.3 is 25.2 Å². The first-order valence-electron chi connectivity index (χ1n) is 8.67. The number of halogens is 1. The van der Waals surface area contributed by atoms with Gasteiger partial charge in [-0.05, 0) is 43.2 Å². The van der Waals surface area contributed by atoms with Crippen LogP contribution in [0.5, 0.6) is 17.2 Å². The van der Waals surface area contributed by atoms with Crippen LogP contribution >= 0.6 is 24.0 Å². The maximum Gasteiger partial charge on any atom is 0.191 e. The smallest absolute Gasteiger partial charge is 0.191 e. The lowest BCUT2D eigenvalue weighted by atomic mass is 10.1. The third-order valence-electron chi connectivity index (χ3n) is 3.86. The van der Waals surface area contributed by atoms with E-state index in [4.69, 9.17) is 9.47 Å². The zero-order valence-corrected chi connectivity index (χ0v) is 18.3. The van der Waals surface area contributed by atoms with Crippen molar-refractivity contribution in [3.8, 4) is 17.2 Å². The summed E-state index contributed by atoms with van der Waals surface area (Å²) >= 11 is 0. The molecular weight excluding hydrogens is 457 g/mol. The van der Waals surface area contributed by atoms with Gasteiger partial charge in [-0.2, -0.15) is 0 Å². The molecule has 6 nitrogen and oxygen atoms in total. The van der Waals surface area contributed by atoms with Crippen LogP contribution in [0, 0.1) is 0 Å². The van der Waals surface area contributed by atoms with Crippen molar-refractivity contribution in [2.75, 3.05) is 27.3 Å². The minimum atomic E-state index is 0. The summed E-state index contributed by atoms with van der Waals surface area (Å²) in [6, 6.07) is 13.0. The number of hydrogen-bond acceptors (Lipinski definition) is 4. The number of phenols is 1. The molecule has 148 valence electrons. The van der Waals surface area contributed by atoms with Crippen LogP contribution in [0.3, 0.4) is 0 Å². The first kappa shape index (κ1) is 22.9. The van der Waals surface area contributed by atoms with Crippen LogP contribution in [0.2, 0.25) is 0 Å². The van der Waals surface area contributed by atoms with Crippen molar-refractivity contribution in [3.63, 3.8) is 0 Å². The fraction of sp³-hybridized carbons (Fsp3) is 0.350. The molecule has 0 heterocycles. The number of nitrogens with one attached hydrogen (secondary N) is 2. The molecule has 0 bridgehead atoms. The highest BCUT2D eigenvalue weighted by Crippen LogP contribution is 2.25. The fourth-order valence-electron chi connectivity index (χ4n) is 2.53. The number of guanidine groups is 1. The minimum absolute atomic E-state index is 0. The standard InChI is InChI=1S/C20H27N3O3.HI/c1-4-21-20(22-11-10-15-6-5-7-17(24)12-15)23-14-16-8-9-18(25-2)13-19(16)26-3;/h5-9,12-13,24H,4,10-11,14H2,1-3H3,(H2,21,22,23);1H. The molecular formula is C20H28IN3O3. The van der Waals surface area contributed by atoms with Crippen molar-refractivity contribution in [1.82, 2.24) is 10.6 Å². The van der Waals surface area contributed by atoms with Gasteiger partial charge in [-0.25, -0.2) is 4.99 Å². The van der Waals surface area contributed by atoms with E-state index in [2.05, 4.69) is 15.6 Å². The second-order valence-electron chi connectivity index (χ2n) is 5.72. The van der Waals surface area contributed by atoms with Crippen molar-refractivity contribution in [2.24, 2.45) is 4.99 Å². The average molecular weight is 485 g/mol. The summed E-state index contributed by atoms with van der Waals surface area (Å²) in [7, 11) is 3.27. The van der Waals surface area contributed by atoms with Gasteiger partial charge in [0.25, 0.3) is 0 Å². The normalized spacial score (nSPS) is 10.7. The molecule has 0 aliphatic heterocycles. The SMILES string of the molecule is CCNC(=NCc1ccc(OC)cc1OC)NCCc1cccc(O)c1.I. The Balaban J connectivity index is 0.00000364. The number of aromatic hydroxyl groups is 1. The van der Waals surface area contributed by atoms with Gasteiger partial charge >= 0.3 is 0 Å². The molecule has 3 N–H and O–H groups in total. The quantitative estimate of drug-likeness (QED) is 0.304. The Kier molecular flexibility index (Phi) is 10.4. The number of methoxy groups -OCH3 is 2. The van der Waals surface area contributed by atoms with E-state index in [0.717, 1.165) is 48.1 Å². The van der Waals surface area contributed by atoms with Crippen LogP contribution in [-0.4, -0.2) is 38.4 Å². The molecule has 0 spiro atoms. The van der Waals surface area contributed by atoms with E-state index in [-0.39, 0.29) is 29.7 Å². The number of benzene rings is 2. The highest BCUT2D eigenvalue weighted by molar-refractivity contribution is 14.0. The molecule has 0 amide bonds. The molecule has 0 aromatic heterocycles. The summed E-state index contributed by atoms with van der Waals surface area (Å²) < 4.78 is 10.6. The third kappa shape index (κ3) is 7.54. The monoisotopic (exact) mass is 485 g/mol. The molecule has 0 aliphatic carbocycles. The largest absolute Gasteiger partial charge is 0.508 e. The number of nitrogens with zero attached hydrogens (tertiary/aromatic N) is 1. The van der Waals surface area contributed by atoms with Crippen LogP contribution < -0.4 is 20.1 Å². The van der Waals surface area contributed by atoms with Gasteiger partial charge in [0.1, 0.15) is 17.2 Å². The predicted molar refractivity (Wildman–Crippen MR) is 120 cm³/mol. The summed E-state index contributed by atoms with van der Waals surface area (Å²) in [5, 5.41) is 16.1. The van der Waals surface area contributed by atoms with Crippen LogP contribution in [0.1, 0.15) is 18.1 Å². The third-order valence-corrected chi connectivity index (χ3v) is 3.86. The molecule has 0 radical (unpaired) electrons. The first-order valence-corrected chi connectivity index (χ1v) is 8.67. The van der Waals surface area contributed by atoms with Gasteiger partial charge in [0.2, 0.25) is 0 Å². The Morgan fingerprint density at radius 3 is 2.56 bits per heavy atom. The molecule has 0 saturated carbocycles. The summed E-state index contributed by atoms with van der Waals surface area (Å²) in [6.07, 6.45) is 0.796. The summed E-state index contributed by atoms with van der Waals surface area (Å²) in [5.41, 5.74) is 2.06. The van der Waals surface area contributed by atoms with Crippen molar-refractivity contribution in [2.45, 2.75) is 19.9 Å². The molecule has 7 heteroatoms. The van der Waals surface area contributed by atoms with Crippen molar-refractivity contribution >= 4 is 29.9 Å². The zero-order chi connectivity index (χ0) is 18.8. The van der Waals surface area contributed by atoms with Crippen LogP contribution in [0.4, 0.5) is 0 Å². The number of phenolic OH excluding ortho intramolecular Hbond substituents is 1. The minimum Gasteiger partial charge on any atom is -0.508 e. The fourth-order valence-corrected chi connectivity index (χ4v) is 2.53. The molecule has 0 unspecified atom stereocenters. The Hall–Kier alpha value is -2.16. The molecule has 0 aliphatic rings. The second-order valence-corrected chi connectivity index (χ2v) is 5.72. The summed E-state index contributed by atoms with van der Waals surface area (Å²) in [5.74, 6) is 2.54. The molecule has 2 rings (SSSR count). The molecule has 0 atom stereocenters. The average Bonchev–Trinajstić information content (AvgIpc) is 2.66. The second kappa shape index (κ2) is 12.3. The van der Waals surface area contributed by atoms with E-state index in [9.17, 15) is 5.11 Å².